The summed E-state index contributed by atoms with van der Waals surface area (Å²) >= 11 is 0. The molecule has 2 heterocycles. The van der Waals surface area contributed by atoms with E-state index in [4.69, 9.17) is 4.74 Å². The number of alkyl halides is 3. The van der Waals surface area contributed by atoms with E-state index in [1.54, 1.807) is 18.3 Å². The van der Waals surface area contributed by atoms with Gasteiger partial charge in [-0.05, 0) is 49.9 Å². The van der Waals surface area contributed by atoms with Crippen LogP contribution in [-0.4, -0.2) is 64.7 Å². The molecule has 0 spiro atoms. The summed E-state index contributed by atoms with van der Waals surface area (Å²) in [5.41, 5.74) is -1.05. The minimum Gasteiger partial charge on any atom is -0.473 e. The minimum atomic E-state index is -4.54. The van der Waals surface area contributed by atoms with Crippen LogP contribution in [0.3, 0.4) is 0 Å². The average molecular weight is 477 g/mol. The summed E-state index contributed by atoms with van der Waals surface area (Å²) < 4.78 is 44.3. The summed E-state index contributed by atoms with van der Waals surface area (Å²) in [5, 5.41) is 13.0. The maximum absolute atomic E-state index is 12.8. The molecule has 0 radical (unpaired) electrons. The molecule has 1 saturated heterocycles. The fourth-order valence-corrected chi connectivity index (χ4v) is 4.33. The quantitative estimate of drug-likeness (QED) is 0.636. The van der Waals surface area contributed by atoms with Gasteiger partial charge in [-0.2, -0.15) is 18.3 Å². The van der Waals surface area contributed by atoms with Crippen molar-refractivity contribution in [3.8, 4) is 5.88 Å². The van der Waals surface area contributed by atoms with E-state index in [2.05, 4.69) is 25.7 Å². The first kappa shape index (κ1) is 23.9. The van der Waals surface area contributed by atoms with Gasteiger partial charge in [0, 0.05) is 37.0 Å². The van der Waals surface area contributed by atoms with Crippen LogP contribution < -0.4 is 15.4 Å². The van der Waals surface area contributed by atoms with Crippen molar-refractivity contribution in [3.05, 3.63) is 53.7 Å². The van der Waals surface area contributed by atoms with Gasteiger partial charge >= 0.3 is 6.18 Å². The molecule has 0 atom stereocenters. The Morgan fingerprint density at radius 3 is 2.53 bits per heavy atom. The van der Waals surface area contributed by atoms with Crippen LogP contribution in [0.2, 0.25) is 0 Å². The van der Waals surface area contributed by atoms with E-state index >= 15 is 0 Å². The van der Waals surface area contributed by atoms with Crippen molar-refractivity contribution in [2.45, 2.75) is 50.0 Å². The number of ether oxygens (including phenoxy) is 1. The molecule has 2 aliphatic rings. The van der Waals surface area contributed by atoms with Gasteiger partial charge in [0.15, 0.2) is 0 Å². The molecule has 1 aliphatic carbocycles. The summed E-state index contributed by atoms with van der Waals surface area (Å²) in [6.45, 7) is 1.16. The lowest BCUT2D eigenvalue weighted by atomic mass is 9.89. The van der Waals surface area contributed by atoms with Gasteiger partial charge in [-0.15, -0.1) is 5.10 Å². The van der Waals surface area contributed by atoms with Crippen LogP contribution in [0.15, 0.2) is 42.6 Å². The zero-order chi connectivity index (χ0) is 24.1. The monoisotopic (exact) mass is 477 g/mol. The maximum Gasteiger partial charge on any atom is 0.416 e. The van der Waals surface area contributed by atoms with Crippen molar-refractivity contribution < 1.29 is 27.5 Å². The normalized spacial score (nSPS) is 21.4. The molecule has 2 aromatic rings. The molecule has 8 nitrogen and oxygen atoms in total. The van der Waals surface area contributed by atoms with Crippen molar-refractivity contribution in [2.24, 2.45) is 0 Å². The predicted octanol–water partition coefficient (Wildman–Crippen LogP) is 2.42. The molecule has 1 aliphatic heterocycles. The Balaban J connectivity index is 1.13. The van der Waals surface area contributed by atoms with E-state index in [-0.39, 0.29) is 30.2 Å². The Labute approximate surface area is 194 Å². The second kappa shape index (κ2) is 10.4. The first-order valence-corrected chi connectivity index (χ1v) is 11.2. The predicted molar refractivity (Wildman–Crippen MR) is 116 cm³/mol. The number of rotatable bonds is 7. The fourth-order valence-electron chi connectivity index (χ4n) is 4.33. The third-order valence-electron chi connectivity index (χ3n) is 6.13. The number of carbonyl (C=O) groups excluding carboxylic acids is 2. The molecular weight excluding hydrogens is 451 g/mol. The number of benzene rings is 1. The average Bonchev–Trinajstić information content (AvgIpc) is 2.80. The lowest BCUT2D eigenvalue weighted by Gasteiger charge is -2.46. The van der Waals surface area contributed by atoms with E-state index in [0.29, 0.717) is 11.9 Å². The highest BCUT2D eigenvalue weighted by Crippen LogP contribution is 2.30. The molecule has 182 valence electrons. The number of halogens is 3. The summed E-state index contributed by atoms with van der Waals surface area (Å²) in [7, 11) is 0. The second-order valence-electron chi connectivity index (χ2n) is 8.59. The molecule has 0 bridgehead atoms. The number of amides is 2. The van der Waals surface area contributed by atoms with Crippen molar-refractivity contribution >= 4 is 11.8 Å². The molecule has 34 heavy (non-hydrogen) atoms. The topological polar surface area (TPSA) is 96.5 Å². The van der Waals surface area contributed by atoms with Crippen molar-refractivity contribution in [2.75, 3.05) is 19.6 Å². The van der Waals surface area contributed by atoms with E-state index in [0.717, 1.165) is 57.0 Å². The molecule has 2 amide bonds. The Kier molecular flexibility index (Phi) is 7.30. The first-order valence-electron chi connectivity index (χ1n) is 11.2. The zero-order valence-electron chi connectivity index (χ0n) is 18.4. The highest BCUT2D eigenvalue weighted by Gasteiger charge is 2.36. The Hall–Kier alpha value is -3.21. The summed E-state index contributed by atoms with van der Waals surface area (Å²) in [5.74, 6) is -0.555. The Bertz CT molecular complexity index is 991. The molecule has 1 saturated carbocycles. The van der Waals surface area contributed by atoms with Gasteiger partial charge in [-0.25, -0.2) is 0 Å². The molecule has 2 N–H and O–H groups in total. The summed E-state index contributed by atoms with van der Waals surface area (Å²) in [6.07, 6.45) is 1.05. The number of aromatic nitrogens is 2. The van der Waals surface area contributed by atoms with Crippen LogP contribution in [0, 0.1) is 0 Å². The van der Waals surface area contributed by atoms with Crippen molar-refractivity contribution in [1.29, 1.82) is 0 Å². The van der Waals surface area contributed by atoms with Crippen LogP contribution in [-0.2, 0) is 11.0 Å². The van der Waals surface area contributed by atoms with Crippen LogP contribution in [0.5, 0.6) is 5.88 Å². The third-order valence-corrected chi connectivity index (χ3v) is 6.13. The van der Waals surface area contributed by atoms with E-state index < -0.39 is 17.6 Å². The number of hydrogen-bond donors (Lipinski definition) is 2. The molecule has 11 heteroatoms. The van der Waals surface area contributed by atoms with Gasteiger partial charge in [0.1, 0.15) is 6.10 Å². The Morgan fingerprint density at radius 1 is 1.09 bits per heavy atom. The van der Waals surface area contributed by atoms with Crippen LogP contribution in [0.4, 0.5) is 13.2 Å². The van der Waals surface area contributed by atoms with Gasteiger partial charge < -0.3 is 15.4 Å². The fraction of sp³-hybridized carbons (Fsp3) is 0.478. The minimum absolute atomic E-state index is 0.00785. The van der Waals surface area contributed by atoms with Crippen LogP contribution in [0.25, 0.3) is 0 Å². The first-order chi connectivity index (χ1) is 16.3. The lowest BCUT2D eigenvalue weighted by molar-refractivity contribution is -0.137. The Morgan fingerprint density at radius 2 is 1.85 bits per heavy atom. The van der Waals surface area contributed by atoms with Gasteiger partial charge in [-0.1, -0.05) is 6.07 Å². The van der Waals surface area contributed by atoms with Crippen molar-refractivity contribution in [3.63, 3.8) is 0 Å². The van der Waals surface area contributed by atoms with E-state index in [1.165, 1.54) is 6.07 Å². The molecule has 1 aromatic carbocycles. The lowest BCUT2D eigenvalue weighted by Crippen LogP contribution is -2.63. The molecule has 2 fully saturated rings. The summed E-state index contributed by atoms with van der Waals surface area (Å²) in [6, 6.07) is 8.12. The number of nitrogens with one attached hydrogen (secondary N) is 2. The van der Waals surface area contributed by atoms with Crippen LogP contribution >= 0.6 is 0 Å². The zero-order valence-corrected chi connectivity index (χ0v) is 18.4. The number of hydrogen-bond acceptors (Lipinski definition) is 6. The second-order valence-corrected chi connectivity index (χ2v) is 8.59. The number of carbonyl (C=O) groups is 2. The van der Waals surface area contributed by atoms with Crippen LogP contribution in [0.1, 0.15) is 41.6 Å². The largest absolute Gasteiger partial charge is 0.473 e. The molecule has 1 aromatic heterocycles. The highest BCUT2D eigenvalue weighted by molar-refractivity contribution is 5.96. The standard InChI is InChI=1S/C23H26F3N5O3/c24-23(25,26)16-4-1-3-15(11-16)22(33)27-12-20(32)29-17-13-31(14-17)18-6-8-19(9-7-18)34-21-5-2-10-28-30-21/h1-5,10-11,17-19H,6-9,12-14H2,(H,27,33)(H,29,32)/t18-,19+. The van der Waals surface area contributed by atoms with Gasteiger partial charge in [0.25, 0.3) is 5.91 Å². The number of nitrogens with zero attached hydrogens (tertiary/aromatic N) is 3. The molecular formula is C23H26F3N5O3. The van der Waals surface area contributed by atoms with Gasteiger partial charge in [-0.3, -0.25) is 14.5 Å². The highest BCUT2D eigenvalue weighted by atomic mass is 19.4. The number of likely N-dealkylation sites (tertiary alicyclic amines) is 1. The van der Waals surface area contributed by atoms with Gasteiger partial charge in [0.05, 0.1) is 18.2 Å². The summed E-state index contributed by atoms with van der Waals surface area (Å²) in [4.78, 5) is 26.6. The SMILES string of the molecule is O=C(CNC(=O)c1cccc(C(F)(F)F)c1)NC1CN([C@H]2CC[C@@H](Oc3cccnn3)CC2)C1. The van der Waals surface area contributed by atoms with E-state index in [1.807, 2.05) is 0 Å². The molecule has 0 unspecified atom stereocenters. The van der Waals surface area contributed by atoms with Gasteiger partial charge in [0.2, 0.25) is 11.8 Å². The third kappa shape index (κ3) is 6.22. The van der Waals surface area contributed by atoms with E-state index in [9.17, 15) is 22.8 Å². The smallest absolute Gasteiger partial charge is 0.416 e. The maximum atomic E-state index is 12.8. The van der Waals surface area contributed by atoms with Crippen molar-refractivity contribution in [1.82, 2.24) is 25.7 Å². The molecule has 4 rings (SSSR count).